The van der Waals surface area contributed by atoms with Crippen LogP contribution in [0.15, 0.2) is 0 Å². The van der Waals surface area contributed by atoms with Crippen LogP contribution in [0.25, 0.3) is 5.84 Å². The Morgan fingerprint density at radius 3 is 1.25 bits per heavy atom. The smallest absolute Gasteiger partial charge is 0.870 e. The maximum Gasteiger partial charge on any atom is 1.00 e. The van der Waals surface area contributed by atoms with Crippen molar-refractivity contribution in [2.75, 3.05) is 0 Å². The van der Waals surface area contributed by atoms with Crippen LogP contribution in [-0.2, 0) is 0 Å². The first-order chi connectivity index (χ1) is 1.00. The molecule has 4 heteroatoms. The molecule has 0 unspecified atom stereocenters. The van der Waals surface area contributed by atoms with Crippen LogP contribution in [0.2, 0.25) is 0 Å². The molecule has 0 saturated heterocycles. The minimum atomic E-state index is 0. The minimum Gasteiger partial charge on any atom is -0.870 e. The number of nitrogens with one attached hydrogen (secondary N) is 1. The van der Waals surface area contributed by atoms with Gasteiger partial charge < -0.3 is 17.2 Å². The molecular formula is H4N2NaO-. The van der Waals surface area contributed by atoms with Crippen molar-refractivity contribution in [2.24, 2.45) is 5.84 Å². The summed E-state index contributed by atoms with van der Waals surface area (Å²) >= 11 is 0. The second-order valence-corrected chi connectivity index (χ2v) is 0. The average molecular weight is 71.0 g/mol. The Kier molecular flexibility index (Phi) is 216. The van der Waals surface area contributed by atoms with Gasteiger partial charge in [-0.25, -0.2) is 0 Å². The van der Waals surface area contributed by atoms with Gasteiger partial charge in [0, 0.05) is 0 Å². The van der Waals surface area contributed by atoms with Crippen LogP contribution in [-0.4, -0.2) is 5.48 Å². The molecule has 0 atom stereocenters. The molecule has 0 saturated carbocycles. The molecule has 0 spiro atoms. The van der Waals surface area contributed by atoms with Gasteiger partial charge >= 0.3 is 29.6 Å². The first kappa shape index (κ1) is 20.8. The van der Waals surface area contributed by atoms with Crippen molar-refractivity contribution in [2.45, 2.75) is 0 Å². The molecule has 0 amide bonds. The molecule has 4 heavy (non-hydrogen) atoms. The van der Waals surface area contributed by atoms with E-state index >= 15 is 0 Å². The van der Waals surface area contributed by atoms with E-state index in [1.807, 2.05) is 0 Å². The van der Waals surface area contributed by atoms with Gasteiger partial charge in [0.2, 0.25) is 0 Å². The monoisotopic (exact) mass is 71.0 g/mol. The van der Waals surface area contributed by atoms with Crippen molar-refractivity contribution in [1.29, 1.82) is 0 Å². The molecule has 0 aliphatic carbocycles. The summed E-state index contributed by atoms with van der Waals surface area (Å²) in [5, 5.41) is 0. The number of hydrogen-bond donors (Lipinski definition) is 1. The Morgan fingerprint density at radius 2 is 1.25 bits per heavy atom. The fourth-order valence-electron chi connectivity index (χ4n) is 0. The summed E-state index contributed by atoms with van der Waals surface area (Å²) in [7, 11) is 0. The maximum absolute atomic E-state index is 5.25. The zero-order valence-electron chi connectivity index (χ0n) is 2.52. The number of nitrogens with two attached hydrogens (primary N) is 1. The van der Waals surface area contributed by atoms with Crippen LogP contribution in [0.3, 0.4) is 0 Å². The van der Waals surface area contributed by atoms with Crippen LogP contribution in [0.4, 0.5) is 0 Å². The van der Waals surface area contributed by atoms with Crippen LogP contribution in [0, 0.1) is 0 Å². The van der Waals surface area contributed by atoms with Crippen molar-refractivity contribution >= 4 is 0 Å². The van der Waals surface area contributed by atoms with Gasteiger partial charge in [-0.2, -0.15) is 0 Å². The molecule has 0 aliphatic heterocycles. The SMILES string of the molecule is [NH-]N.[Na+].[OH-]. The largest absolute Gasteiger partial charge is 1.00 e. The summed E-state index contributed by atoms with van der Waals surface area (Å²) in [4.78, 5) is 0. The van der Waals surface area contributed by atoms with Gasteiger partial charge in [0.15, 0.2) is 0 Å². The minimum absolute atomic E-state index is 0. The fraction of sp³-hybridized carbons (Fsp3) is 0. The summed E-state index contributed by atoms with van der Waals surface area (Å²) in [5.74, 6) is 9.00. The van der Waals surface area contributed by atoms with E-state index in [0.717, 1.165) is 0 Å². The van der Waals surface area contributed by atoms with E-state index in [4.69, 9.17) is 5.84 Å². The number of rotatable bonds is 0. The summed E-state index contributed by atoms with van der Waals surface area (Å²) < 4.78 is 0. The van der Waals surface area contributed by atoms with E-state index in [9.17, 15) is 0 Å². The van der Waals surface area contributed by atoms with Crippen LogP contribution in [0.5, 0.6) is 0 Å². The molecule has 22 valence electrons. The van der Waals surface area contributed by atoms with Crippen molar-refractivity contribution in [3.63, 3.8) is 0 Å². The van der Waals surface area contributed by atoms with E-state index in [0.29, 0.717) is 0 Å². The Morgan fingerprint density at radius 1 is 1.25 bits per heavy atom. The van der Waals surface area contributed by atoms with Crippen LogP contribution in [0.1, 0.15) is 0 Å². The van der Waals surface area contributed by atoms with E-state index in [1.165, 1.54) is 0 Å². The van der Waals surface area contributed by atoms with Gasteiger partial charge in [-0.05, 0) is 0 Å². The molecule has 4 N–H and O–H groups in total. The van der Waals surface area contributed by atoms with Gasteiger partial charge in [0.05, 0.1) is 0 Å². The first-order valence-electron chi connectivity index (χ1n) is 0.289. The summed E-state index contributed by atoms with van der Waals surface area (Å²) in [5.41, 5.74) is 0. The van der Waals surface area contributed by atoms with Crippen molar-refractivity contribution in [3.05, 3.63) is 5.84 Å². The maximum atomic E-state index is 5.25. The third-order valence-electron chi connectivity index (χ3n) is 0. The molecule has 0 fully saturated rings. The Balaban J connectivity index is -0.00000000500. The molecule has 0 aliphatic rings. The molecule has 0 radical (unpaired) electrons. The van der Waals surface area contributed by atoms with Crippen LogP contribution >= 0.6 is 0 Å². The molecule has 0 aromatic rings. The normalized spacial score (nSPS) is 1.50. The zero-order chi connectivity index (χ0) is 2.00. The predicted molar refractivity (Wildman–Crippen MR) is 10.4 cm³/mol. The van der Waals surface area contributed by atoms with E-state index < -0.39 is 0 Å². The van der Waals surface area contributed by atoms with Crippen molar-refractivity contribution in [1.82, 2.24) is 0 Å². The van der Waals surface area contributed by atoms with E-state index in [1.54, 1.807) is 0 Å². The van der Waals surface area contributed by atoms with Crippen molar-refractivity contribution in [3.8, 4) is 0 Å². The molecule has 0 rings (SSSR count). The predicted octanol–water partition coefficient (Wildman–Crippen LogP) is -3.26. The van der Waals surface area contributed by atoms with Crippen molar-refractivity contribution < 1.29 is 35.0 Å². The van der Waals surface area contributed by atoms with Gasteiger partial charge in [-0.15, -0.1) is 0 Å². The van der Waals surface area contributed by atoms with Gasteiger partial charge in [-0.3, -0.25) is 0 Å². The number of hydrogen-bond acceptors (Lipinski definition) is 2. The third kappa shape index (κ3) is 13.1. The van der Waals surface area contributed by atoms with Gasteiger partial charge in [0.25, 0.3) is 0 Å². The standard InChI is InChI=1S/H3N2.Na.H2O/c1-2;;/h1H,2H2;;1H2/q-1;+1;/p-1. The average Bonchev–Trinajstić information content (AvgIpc) is 1.00. The molecule has 0 bridgehead atoms. The molecule has 0 heterocycles. The quantitative estimate of drug-likeness (QED) is 0.185. The summed E-state index contributed by atoms with van der Waals surface area (Å²) in [6.45, 7) is 0. The Hall–Kier alpha value is 0.880. The summed E-state index contributed by atoms with van der Waals surface area (Å²) in [6.07, 6.45) is 0. The Labute approximate surface area is 46.9 Å². The van der Waals surface area contributed by atoms with E-state index in [-0.39, 0.29) is 35.0 Å². The second-order valence-electron chi connectivity index (χ2n) is 0. The third-order valence-corrected chi connectivity index (χ3v) is 0. The fourth-order valence-corrected chi connectivity index (χ4v) is 0. The van der Waals surface area contributed by atoms with Gasteiger partial charge in [-0.1, -0.05) is 0 Å². The first-order valence-corrected chi connectivity index (χ1v) is 0.289. The second kappa shape index (κ2) is 41.6. The summed E-state index contributed by atoms with van der Waals surface area (Å²) in [6, 6.07) is 0. The molecule has 0 aromatic heterocycles. The van der Waals surface area contributed by atoms with Crippen LogP contribution < -0.4 is 35.4 Å². The Bertz CT molecular complexity index is 6.00. The molecular weight excluding hydrogens is 67.0 g/mol. The molecule has 3 nitrogen and oxygen atoms in total. The molecule has 0 aromatic carbocycles. The van der Waals surface area contributed by atoms with E-state index in [2.05, 4.69) is 5.84 Å². The van der Waals surface area contributed by atoms with Gasteiger partial charge in [0.1, 0.15) is 0 Å². The zero-order valence-corrected chi connectivity index (χ0v) is 4.52. The topological polar surface area (TPSA) is 79.8 Å².